The van der Waals surface area contributed by atoms with Crippen LogP contribution < -0.4 is 0 Å². The number of rotatable bonds is 4. The van der Waals surface area contributed by atoms with Crippen molar-refractivity contribution >= 4 is 17.9 Å². The van der Waals surface area contributed by atoms with E-state index in [1.807, 2.05) is 25.1 Å². The zero-order chi connectivity index (χ0) is 16.9. The molecule has 1 aromatic rings. The highest BCUT2D eigenvalue weighted by Gasteiger charge is 2.38. The molecule has 1 heterocycles. The van der Waals surface area contributed by atoms with Crippen molar-refractivity contribution in [1.82, 2.24) is 0 Å². The fourth-order valence-electron chi connectivity index (χ4n) is 2.67. The Morgan fingerprint density at radius 2 is 1.87 bits per heavy atom. The highest BCUT2D eigenvalue weighted by molar-refractivity contribution is 5.96. The van der Waals surface area contributed by atoms with Crippen LogP contribution >= 0.6 is 0 Å². The van der Waals surface area contributed by atoms with Gasteiger partial charge < -0.3 is 9.47 Å². The Morgan fingerprint density at radius 1 is 1.17 bits per heavy atom. The van der Waals surface area contributed by atoms with Gasteiger partial charge >= 0.3 is 0 Å². The van der Waals surface area contributed by atoms with Gasteiger partial charge in [-0.15, -0.1) is 0 Å². The molecule has 0 saturated heterocycles. The molecule has 0 aromatic heterocycles. The second kappa shape index (κ2) is 7.44. The maximum absolute atomic E-state index is 5.54. The van der Waals surface area contributed by atoms with Gasteiger partial charge in [-0.3, -0.25) is 0 Å². The Balaban J connectivity index is 2.22. The van der Waals surface area contributed by atoms with Gasteiger partial charge in [0.1, 0.15) is 11.6 Å². The number of hydrogen-bond acceptors (Lipinski definition) is 4. The third kappa shape index (κ3) is 4.01. The van der Waals surface area contributed by atoms with E-state index >= 15 is 0 Å². The smallest absolute Gasteiger partial charge is 0.212 e. The van der Waals surface area contributed by atoms with E-state index in [9.17, 15) is 0 Å². The van der Waals surface area contributed by atoms with Crippen molar-refractivity contribution < 1.29 is 9.47 Å². The second-order valence-electron chi connectivity index (χ2n) is 6.27. The van der Waals surface area contributed by atoms with Gasteiger partial charge in [-0.05, 0) is 24.8 Å². The Kier molecular flexibility index (Phi) is 5.59. The molecule has 0 aliphatic carbocycles. The summed E-state index contributed by atoms with van der Waals surface area (Å²) in [4.78, 5) is 9.54. The first kappa shape index (κ1) is 17.3. The van der Waals surface area contributed by atoms with Crippen molar-refractivity contribution in [2.45, 2.75) is 38.8 Å². The number of hydrogen-bond donors (Lipinski definition) is 0. The maximum atomic E-state index is 5.54. The molecule has 0 amide bonds. The lowest BCUT2D eigenvalue weighted by atomic mass is 9.93. The molecule has 1 aliphatic rings. The van der Waals surface area contributed by atoms with Gasteiger partial charge in [-0.1, -0.05) is 56.3 Å². The highest BCUT2D eigenvalue weighted by Crippen LogP contribution is 2.28. The lowest BCUT2D eigenvalue weighted by molar-refractivity contribution is 0.311. The molecule has 0 N–H and O–H groups in total. The quantitative estimate of drug-likeness (QED) is 0.844. The van der Waals surface area contributed by atoms with Crippen LogP contribution in [-0.4, -0.2) is 37.6 Å². The van der Waals surface area contributed by atoms with Gasteiger partial charge in [0, 0.05) is 0 Å². The normalized spacial score (nSPS) is 24.5. The van der Waals surface area contributed by atoms with E-state index in [4.69, 9.17) is 19.5 Å². The summed E-state index contributed by atoms with van der Waals surface area (Å²) >= 11 is 0. The lowest BCUT2D eigenvalue weighted by Gasteiger charge is -2.33. The summed E-state index contributed by atoms with van der Waals surface area (Å²) in [6.45, 7) is 6.24. The van der Waals surface area contributed by atoms with Crippen LogP contribution in [0.3, 0.4) is 0 Å². The minimum atomic E-state index is -0.531. The van der Waals surface area contributed by atoms with E-state index in [1.54, 1.807) is 14.2 Å². The van der Waals surface area contributed by atoms with Gasteiger partial charge in [0.05, 0.1) is 14.2 Å². The van der Waals surface area contributed by atoms with Crippen LogP contribution in [0.2, 0.25) is 0 Å². The van der Waals surface area contributed by atoms with E-state index in [0.717, 1.165) is 0 Å². The summed E-state index contributed by atoms with van der Waals surface area (Å²) in [5.74, 6) is 1.65. The Labute approximate surface area is 138 Å². The molecule has 0 unspecified atom stereocenters. The number of benzene rings is 1. The van der Waals surface area contributed by atoms with Gasteiger partial charge in [0.2, 0.25) is 11.8 Å². The first-order chi connectivity index (χ1) is 11.0. The van der Waals surface area contributed by atoms with E-state index in [0.29, 0.717) is 24.1 Å². The van der Waals surface area contributed by atoms with Crippen molar-refractivity contribution in [3.63, 3.8) is 0 Å². The van der Waals surface area contributed by atoms with E-state index in [1.165, 1.54) is 5.56 Å². The van der Waals surface area contributed by atoms with Crippen molar-refractivity contribution in [3.05, 3.63) is 42.0 Å². The second-order valence-corrected chi connectivity index (χ2v) is 6.27. The predicted molar refractivity (Wildman–Crippen MR) is 96.0 cm³/mol. The molecule has 0 fully saturated rings. The zero-order valence-corrected chi connectivity index (χ0v) is 14.6. The van der Waals surface area contributed by atoms with Crippen LogP contribution in [0.1, 0.15) is 32.8 Å². The fourth-order valence-corrected chi connectivity index (χ4v) is 2.67. The molecule has 2 atom stereocenters. The first-order valence-electron chi connectivity index (χ1n) is 7.97. The zero-order valence-electron chi connectivity index (χ0n) is 14.6. The minimum absolute atomic E-state index is 0.0823. The molecule has 1 aromatic carbocycles. The largest absolute Gasteiger partial charge is 0.483 e. The molecular formula is C19H26N2O2. The van der Waals surface area contributed by atoms with Gasteiger partial charge in [0.25, 0.3) is 0 Å². The average molecular weight is 314 g/mol. The number of aliphatic imine (C=N–C) groups is 2. The molecular weight excluding hydrogens is 288 g/mol. The summed E-state index contributed by atoms with van der Waals surface area (Å²) in [6, 6.07) is 10.1. The van der Waals surface area contributed by atoms with E-state index in [2.05, 4.69) is 38.1 Å². The van der Waals surface area contributed by atoms with Gasteiger partial charge in [-0.2, -0.15) is 0 Å². The van der Waals surface area contributed by atoms with Gasteiger partial charge in [0.15, 0.2) is 0 Å². The molecule has 0 bridgehead atoms. The standard InChI is InChI=1S/C19H26N2O2/c1-14(2)16-17(22-4)21-19(3,18(20-16)23-5)13-9-12-15-10-7-6-8-11-15/h6-12,14,16H,13H2,1-5H3/b12-9+/t16-,19+/m0/s1. The summed E-state index contributed by atoms with van der Waals surface area (Å²) < 4.78 is 11.0. The van der Waals surface area contributed by atoms with Crippen molar-refractivity contribution in [2.75, 3.05) is 14.2 Å². The first-order valence-corrected chi connectivity index (χ1v) is 7.97. The van der Waals surface area contributed by atoms with Crippen LogP contribution in [0.5, 0.6) is 0 Å². The summed E-state index contributed by atoms with van der Waals surface area (Å²) in [5.41, 5.74) is 0.635. The molecule has 0 spiro atoms. The molecule has 4 heteroatoms. The number of nitrogens with zero attached hydrogens (tertiary/aromatic N) is 2. The summed E-state index contributed by atoms with van der Waals surface area (Å²) in [5, 5.41) is 0. The van der Waals surface area contributed by atoms with Crippen LogP contribution in [0.15, 0.2) is 46.4 Å². The van der Waals surface area contributed by atoms with Crippen LogP contribution in [0, 0.1) is 5.92 Å². The van der Waals surface area contributed by atoms with E-state index < -0.39 is 5.54 Å². The Bertz CT molecular complexity index is 605. The Hall–Kier alpha value is -2.10. The van der Waals surface area contributed by atoms with Gasteiger partial charge in [-0.25, -0.2) is 9.98 Å². The van der Waals surface area contributed by atoms with Crippen molar-refractivity contribution in [1.29, 1.82) is 0 Å². The topological polar surface area (TPSA) is 43.2 Å². The molecule has 2 rings (SSSR count). The monoisotopic (exact) mass is 314 g/mol. The average Bonchev–Trinajstić information content (AvgIpc) is 2.55. The number of ether oxygens (including phenoxy) is 2. The molecule has 124 valence electrons. The molecule has 0 radical (unpaired) electrons. The summed E-state index contributed by atoms with van der Waals surface area (Å²) in [6.07, 6.45) is 4.90. The minimum Gasteiger partial charge on any atom is -0.483 e. The maximum Gasteiger partial charge on any atom is 0.212 e. The third-order valence-corrected chi connectivity index (χ3v) is 3.99. The molecule has 0 saturated carbocycles. The van der Waals surface area contributed by atoms with E-state index in [-0.39, 0.29) is 6.04 Å². The van der Waals surface area contributed by atoms with Crippen molar-refractivity contribution in [3.8, 4) is 0 Å². The molecule has 4 nitrogen and oxygen atoms in total. The lowest BCUT2D eigenvalue weighted by Crippen LogP contribution is -2.44. The molecule has 23 heavy (non-hydrogen) atoms. The SMILES string of the molecule is COC1=N[C@](C)(C/C=C/c2ccccc2)C(OC)=N[C@H]1C(C)C. The summed E-state index contributed by atoms with van der Waals surface area (Å²) in [7, 11) is 3.31. The van der Waals surface area contributed by atoms with Crippen LogP contribution in [0.4, 0.5) is 0 Å². The highest BCUT2D eigenvalue weighted by atomic mass is 16.5. The Morgan fingerprint density at radius 3 is 2.43 bits per heavy atom. The van der Waals surface area contributed by atoms with Crippen LogP contribution in [0.25, 0.3) is 6.08 Å². The predicted octanol–water partition coefficient (Wildman–Crippen LogP) is 3.98. The molecule has 1 aliphatic heterocycles. The third-order valence-electron chi connectivity index (χ3n) is 3.99. The fraction of sp³-hybridized carbons (Fsp3) is 0.474. The van der Waals surface area contributed by atoms with Crippen LogP contribution in [-0.2, 0) is 9.47 Å². The number of methoxy groups -OCH3 is 2. The van der Waals surface area contributed by atoms with Crippen molar-refractivity contribution in [2.24, 2.45) is 15.9 Å².